The highest BCUT2D eigenvalue weighted by Gasteiger charge is 2.34. The van der Waals surface area contributed by atoms with Gasteiger partial charge >= 0.3 is 0 Å². The zero-order valence-corrected chi connectivity index (χ0v) is 7.79. The zero-order valence-electron chi connectivity index (χ0n) is 7.79. The fourth-order valence-electron chi connectivity index (χ4n) is 1.75. The molecule has 0 aliphatic carbocycles. The van der Waals surface area contributed by atoms with E-state index in [-0.39, 0.29) is 6.42 Å². The van der Waals surface area contributed by atoms with Gasteiger partial charge in [-0.05, 0) is 26.8 Å². The van der Waals surface area contributed by atoms with Crippen LogP contribution in [0, 0.1) is 0 Å². The number of carbonyl (C=O) groups excluding carboxylic acids is 1. The molecule has 0 saturated carbocycles. The molecule has 1 aliphatic rings. The van der Waals surface area contributed by atoms with Crippen LogP contribution in [0.4, 0.5) is 0 Å². The molecule has 3 nitrogen and oxygen atoms in total. The van der Waals surface area contributed by atoms with Gasteiger partial charge in [0.05, 0.1) is 5.60 Å². The number of piperidine rings is 1. The van der Waals surface area contributed by atoms with E-state index in [1.54, 1.807) is 0 Å². The summed E-state index contributed by atoms with van der Waals surface area (Å²) in [5.41, 5.74) is -0.728. The van der Waals surface area contributed by atoms with E-state index in [1.165, 1.54) is 0 Å². The van der Waals surface area contributed by atoms with Crippen molar-refractivity contribution in [2.45, 2.75) is 37.8 Å². The second-order valence-electron chi connectivity index (χ2n) is 3.88. The van der Waals surface area contributed by atoms with E-state index in [0.29, 0.717) is 18.9 Å². The molecule has 0 spiro atoms. The van der Waals surface area contributed by atoms with Crippen LogP contribution in [0.25, 0.3) is 0 Å². The van der Waals surface area contributed by atoms with Crippen LogP contribution in [0.15, 0.2) is 0 Å². The number of carbonyl (C=O) groups is 1. The van der Waals surface area contributed by atoms with Crippen molar-refractivity contribution in [1.29, 1.82) is 0 Å². The van der Waals surface area contributed by atoms with Crippen molar-refractivity contribution >= 4 is 6.29 Å². The summed E-state index contributed by atoms with van der Waals surface area (Å²) in [5, 5.41) is 9.90. The second-order valence-corrected chi connectivity index (χ2v) is 3.88. The largest absolute Gasteiger partial charge is 0.389 e. The molecule has 1 saturated heterocycles. The van der Waals surface area contributed by atoms with Gasteiger partial charge in [0.15, 0.2) is 0 Å². The number of aliphatic hydroxyl groups is 1. The van der Waals surface area contributed by atoms with Crippen molar-refractivity contribution in [2.24, 2.45) is 0 Å². The number of hydrogen-bond donors (Lipinski definition) is 1. The van der Waals surface area contributed by atoms with Gasteiger partial charge in [-0.1, -0.05) is 0 Å². The first-order valence-corrected chi connectivity index (χ1v) is 4.44. The van der Waals surface area contributed by atoms with Gasteiger partial charge in [-0.2, -0.15) is 0 Å². The molecule has 1 heterocycles. The first-order chi connectivity index (χ1) is 5.57. The lowest BCUT2D eigenvalue weighted by Crippen LogP contribution is -2.47. The summed E-state index contributed by atoms with van der Waals surface area (Å²) in [6.45, 7) is 2.96. The third-order valence-electron chi connectivity index (χ3n) is 2.82. The standard InChI is InChI=1S/C9H17NO2/c1-8-7-9(12,4-6-11)3-5-10(8)2/h6,8,12H,3-5,7H2,1-2H3. The number of nitrogens with zero attached hydrogens (tertiary/aromatic N) is 1. The second kappa shape index (κ2) is 3.54. The van der Waals surface area contributed by atoms with E-state index in [9.17, 15) is 9.90 Å². The van der Waals surface area contributed by atoms with Crippen LogP contribution in [0.2, 0.25) is 0 Å². The number of aldehydes is 1. The molecule has 2 unspecified atom stereocenters. The van der Waals surface area contributed by atoms with Crippen molar-refractivity contribution in [3.8, 4) is 0 Å². The Balaban J connectivity index is 2.53. The highest BCUT2D eigenvalue weighted by Crippen LogP contribution is 2.27. The van der Waals surface area contributed by atoms with Crippen molar-refractivity contribution in [3.63, 3.8) is 0 Å². The zero-order chi connectivity index (χ0) is 9.19. The predicted octanol–water partition coefficient (Wildman–Crippen LogP) is 0.421. The topological polar surface area (TPSA) is 40.5 Å². The van der Waals surface area contributed by atoms with Crippen molar-refractivity contribution < 1.29 is 9.90 Å². The molecule has 3 heteroatoms. The average molecular weight is 171 g/mol. The molecule has 0 radical (unpaired) electrons. The molecule has 0 aromatic rings. The van der Waals surface area contributed by atoms with Crippen LogP contribution in [0.5, 0.6) is 0 Å². The lowest BCUT2D eigenvalue weighted by Gasteiger charge is -2.40. The molecule has 12 heavy (non-hydrogen) atoms. The Morgan fingerprint density at radius 1 is 1.75 bits per heavy atom. The first kappa shape index (κ1) is 9.68. The minimum atomic E-state index is -0.728. The number of likely N-dealkylation sites (tertiary alicyclic amines) is 1. The Hall–Kier alpha value is -0.410. The van der Waals surface area contributed by atoms with Crippen LogP contribution in [-0.4, -0.2) is 41.5 Å². The summed E-state index contributed by atoms with van der Waals surface area (Å²) in [5.74, 6) is 0. The molecular formula is C9H17NO2. The van der Waals surface area contributed by atoms with Gasteiger partial charge < -0.3 is 14.8 Å². The molecule has 70 valence electrons. The van der Waals surface area contributed by atoms with E-state index in [4.69, 9.17) is 0 Å². The minimum Gasteiger partial charge on any atom is -0.389 e. The number of rotatable bonds is 2. The summed E-state index contributed by atoms with van der Waals surface area (Å²) in [6, 6.07) is 0.378. The lowest BCUT2D eigenvalue weighted by molar-refractivity contribution is -0.115. The van der Waals surface area contributed by atoms with Gasteiger partial charge in [-0.15, -0.1) is 0 Å². The maximum Gasteiger partial charge on any atom is 0.122 e. The van der Waals surface area contributed by atoms with E-state index in [2.05, 4.69) is 11.8 Å². The normalized spacial score (nSPS) is 38.1. The minimum absolute atomic E-state index is 0.283. The molecule has 1 fully saturated rings. The van der Waals surface area contributed by atoms with E-state index >= 15 is 0 Å². The Morgan fingerprint density at radius 3 is 2.92 bits per heavy atom. The molecule has 1 aliphatic heterocycles. The fourth-order valence-corrected chi connectivity index (χ4v) is 1.75. The molecule has 0 aromatic carbocycles. The average Bonchev–Trinajstić information content (AvgIpc) is 1.98. The Labute approximate surface area is 73.4 Å². The Kier molecular flexibility index (Phi) is 2.85. The van der Waals surface area contributed by atoms with Gasteiger partial charge in [-0.25, -0.2) is 0 Å². The smallest absolute Gasteiger partial charge is 0.122 e. The molecule has 0 aromatic heterocycles. The summed E-state index contributed by atoms with van der Waals surface area (Å²) in [7, 11) is 2.05. The summed E-state index contributed by atoms with van der Waals surface area (Å²) < 4.78 is 0. The maximum atomic E-state index is 10.3. The van der Waals surface area contributed by atoms with Crippen LogP contribution >= 0.6 is 0 Å². The molecular weight excluding hydrogens is 154 g/mol. The SMILES string of the molecule is CC1CC(O)(CC=O)CCN1C. The van der Waals surface area contributed by atoms with E-state index in [0.717, 1.165) is 12.8 Å². The third kappa shape index (κ3) is 2.05. The number of hydrogen-bond acceptors (Lipinski definition) is 3. The van der Waals surface area contributed by atoms with Gasteiger partial charge in [0.25, 0.3) is 0 Å². The maximum absolute atomic E-state index is 10.3. The third-order valence-corrected chi connectivity index (χ3v) is 2.82. The van der Waals surface area contributed by atoms with Gasteiger partial charge in [-0.3, -0.25) is 0 Å². The molecule has 2 atom stereocenters. The fraction of sp³-hybridized carbons (Fsp3) is 0.889. The van der Waals surface area contributed by atoms with Crippen molar-refractivity contribution in [1.82, 2.24) is 4.90 Å². The van der Waals surface area contributed by atoms with Crippen LogP contribution in [0.1, 0.15) is 26.2 Å². The molecule has 0 amide bonds. The van der Waals surface area contributed by atoms with Gasteiger partial charge in [0.2, 0.25) is 0 Å². The lowest BCUT2D eigenvalue weighted by atomic mass is 9.85. The quantitative estimate of drug-likeness (QED) is 0.612. The molecule has 0 bridgehead atoms. The van der Waals surface area contributed by atoms with Crippen LogP contribution in [-0.2, 0) is 4.79 Å². The van der Waals surface area contributed by atoms with Crippen molar-refractivity contribution in [2.75, 3.05) is 13.6 Å². The van der Waals surface area contributed by atoms with Crippen molar-refractivity contribution in [3.05, 3.63) is 0 Å². The summed E-state index contributed by atoms with van der Waals surface area (Å²) >= 11 is 0. The monoisotopic (exact) mass is 171 g/mol. The highest BCUT2D eigenvalue weighted by molar-refractivity contribution is 5.51. The van der Waals surface area contributed by atoms with Crippen LogP contribution < -0.4 is 0 Å². The first-order valence-electron chi connectivity index (χ1n) is 4.44. The van der Waals surface area contributed by atoms with E-state index < -0.39 is 5.60 Å². The van der Waals surface area contributed by atoms with E-state index in [1.807, 2.05) is 7.05 Å². The van der Waals surface area contributed by atoms with Gasteiger partial charge in [0, 0.05) is 19.0 Å². The summed E-state index contributed by atoms with van der Waals surface area (Å²) in [6.07, 6.45) is 2.53. The Bertz CT molecular complexity index is 172. The van der Waals surface area contributed by atoms with Crippen LogP contribution in [0.3, 0.4) is 0 Å². The summed E-state index contributed by atoms with van der Waals surface area (Å²) in [4.78, 5) is 12.5. The molecule has 1 rings (SSSR count). The predicted molar refractivity (Wildman–Crippen MR) is 47.0 cm³/mol. The Morgan fingerprint density at radius 2 is 2.42 bits per heavy atom. The highest BCUT2D eigenvalue weighted by atomic mass is 16.3. The molecule has 1 N–H and O–H groups in total. The van der Waals surface area contributed by atoms with Gasteiger partial charge in [0.1, 0.15) is 6.29 Å².